The number of ether oxygens (including phenoxy) is 1. The Morgan fingerprint density at radius 1 is 1.12 bits per heavy atom. The molecule has 2 atom stereocenters. The molecular weight excluding hydrogens is 320 g/mol. The number of fused-ring (bicyclic) bond motifs is 1. The second-order valence-electron chi connectivity index (χ2n) is 5.90. The Kier molecular flexibility index (Phi) is 6.11. The number of amides is 2. The number of rotatable bonds is 7. The quantitative estimate of drug-likeness (QED) is 0.752. The minimum atomic E-state index is -0.955. The fourth-order valence-corrected chi connectivity index (χ4v) is 2.65. The van der Waals surface area contributed by atoms with Crippen molar-refractivity contribution in [2.24, 2.45) is 11.7 Å². The molecule has 132 valence electrons. The van der Waals surface area contributed by atoms with Crippen molar-refractivity contribution in [3.05, 3.63) is 48.0 Å². The molecule has 0 aromatic heterocycles. The maximum Gasteiger partial charge on any atom is 0.306 e. The standard InChI is InChI=1S/C19H22N2O4/c1-3-25-16(22)10-12(2)17(18(20)23)21-19(24)15-9-8-13-6-4-5-7-14(13)11-15/h4-9,11-12,17H,3,10H2,1-2H3,(H2,20,23)(H,21,24)/t12-,17-/m0/s1. The van der Waals surface area contributed by atoms with Crippen molar-refractivity contribution in [1.29, 1.82) is 0 Å². The van der Waals surface area contributed by atoms with E-state index in [4.69, 9.17) is 10.5 Å². The summed E-state index contributed by atoms with van der Waals surface area (Å²) in [4.78, 5) is 35.8. The van der Waals surface area contributed by atoms with Gasteiger partial charge in [-0.2, -0.15) is 0 Å². The largest absolute Gasteiger partial charge is 0.466 e. The van der Waals surface area contributed by atoms with Gasteiger partial charge in [0.15, 0.2) is 0 Å². The van der Waals surface area contributed by atoms with E-state index in [9.17, 15) is 14.4 Å². The van der Waals surface area contributed by atoms with Crippen LogP contribution >= 0.6 is 0 Å². The Balaban J connectivity index is 2.13. The molecule has 2 rings (SSSR count). The normalized spacial score (nSPS) is 13.0. The van der Waals surface area contributed by atoms with Gasteiger partial charge in [0, 0.05) is 5.56 Å². The van der Waals surface area contributed by atoms with Crippen LogP contribution in [0.1, 0.15) is 30.6 Å². The Morgan fingerprint density at radius 2 is 1.80 bits per heavy atom. The lowest BCUT2D eigenvalue weighted by atomic mass is 9.97. The van der Waals surface area contributed by atoms with Crippen LogP contribution < -0.4 is 11.1 Å². The monoisotopic (exact) mass is 342 g/mol. The molecule has 0 unspecified atom stereocenters. The number of carbonyl (C=O) groups excluding carboxylic acids is 3. The first kappa shape index (κ1) is 18.4. The highest BCUT2D eigenvalue weighted by Crippen LogP contribution is 2.16. The fourth-order valence-electron chi connectivity index (χ4n) is 2.65. The van der Waals surface area contributed by atoms with Gasteiger partial charge in [-0.25, -0.2) is 0 Å². The van der Waals surface area contributed by atoms with E-state index >= 15 is 0 Å². The zero-order chi connectivity index (χ0) is 18.4. The lowest BCUT2D eigenvalue weighted by molar-refractivity contribution is -0.144. The van der Waals surface area contributed by atoms with Gasteiger partial charge in [0.05, 0.1) is 13.0 Å². The van der Waals surface area contributed by atoms with Gasteiger partial charge in [0.25, 0.3) is 5.91 Å². The van der Waals surface area contributed by atoms with E-state index in [-0.39, 0.29) is 13.0 Å². The average Bonchev–Trinajstić information content (AvgIpc) is 2.58. The lowest BCUT2D eigenvalue weighted by Gasteiger charge is -2.21. The van der Waals surface area contributed by atoms with Crippen molar-refractivity contribution in [3.8, 4) is 0 Å². The fraction of sp³-hybridized carbons (Fsp3) is 0.316. The molecule has 0 bridgehead atoms. The first-order valence-corrected chi connectivity index (χ1v) is 8.17. The molecule has 0 heterocycles. The number of hydrogen-bond donors (Lipinski definition) is 2. The van der Waals surface area contributed by atoms with Crippen LogP contribution in [-0.2, 0) is 14.3 Å². The first-order chi connectivity index (χ1) is 11.9. The molecule has 0 aliphatic heterocycles. The van der Waals surface area contributed by atoms with Crippen molar-refractivity contribution in [2.75, 3.05) is 6.61 Å². The Labute approximate surface area is 146 Å². The van der Waals surface area contributed by atoms with Crippen LogP contribution in [0.5, 0.6) is 0 Å². The molecule has 6 heteroatoms. The number of primary amides is 1. The molecule has 0 spiro atoms. The maximum absolute atomic E-state index is 12.5. The molecule has 25 heavy (non-hydrogen) atoms. The summed E-state index contributed by atoms with van der Waals surface area (Å²) in [6.45, 7) is 3.64. The van der Waals surface area contributed by atoms with Crippen LogP contribution in [0, 0.1) is 5.92 Å². The molecule has 0 saturated heterocycles. The van der Waals surface area contributed by atoms with Gasteiger partial charge in [-0.1, -0.05) is 37.3 Å². The molecule has 0 aliphatic carbocycles. The number of hydrogen-bond acceptors (Lipinski definition) is 4. The van der Waals surface area contributed by atoms with Gasteiger partial charge >= 0.3 is 5.97 Å². The Morgan fingerprint density at radius 3 is 2.44 bits per heavy atom. The smallest absolute Gasteiger partial charge is 0.306 e. The van der Waals surface area contributed by atoms with Crippen molar-refractivity contribution in [1.82, 2.24) is 5.32 Å². The SMILES string of the molecule is CCOC(=O)C[C@H](C)[C@H](NC(=O)c1ccc2ccccc2c1)C(N)=O. The van der Waals surface area contributed by atoms with Crippen LogP contribution in [-0.4, -0.2) is 30.4 Å². The second kappa shape index (κ2) is 8.28. The second-order valence-corrected chi connectivity index (χ2v) is 5.90. The molecule has 2 amide bonds. The Hall–Kier alpha value is -2.89. The molecule has 0 saturated carbocycles. The number of carbonyl (C=O) groups is 3. The number of nitrogens with one attached hydrogen (secondary N) is 1. The third-order valence-electron chi connectivity index (χ3n) is 3.97. The minimum Gasteiger partial charge on any atom is -0.466 e. The van der Waals surface area contributed by atoms with E-state index < -0.39 is 29.7 Å². The van der Waals surface area contributed by atoms with Crippen molar-refractivity contribution in [2.45, 2.75) is 26.3 Å². The van der Waals surface area contributed by atoms with E-state index in [0.29, 0.717) is 5.56 Å². The summed E-state index contributed by atoms with van der Waals surface area (Å²) in [5.74, 6) is -2.00. The van der Waals surface area contributed by atoms with Crippen LogP contribution in [0.2, 0.25) is 0 Å². The molecule has 2 aromatic carbocycles. The molecule has 0 fully saturated rings. The summed E-state index contributed by atoms with van der Waals surface area (Å²) in [7, 11) is 0. The summed E-state index contributed by atoms with van der Waals surface area (Å²) in [6, 6.07) is 12.0. The summed E-state index contributed by atoms with van der Waals surface area (Å²) in [5.41, 5.74) is 5.82. The zero-order valence-corrected chi connectivity index (χ0v) is 14.3. The predicted octanol–water partition coefficient (Wildman–Crippen LogP) is 2.01. The van der Waals surface area contributed by atoms with Gasteiger partial charge in [-0.05, 0) is 35.7 Å². The third-order valence-corrected chi connectivity index (χ3v) is 3.97. The van der Waals surface area contributed by atoms with Crippen LogP contribution in [0.15, 0.2) is 42.5 Å². The number of esters is 1. The molecule has 0 aliphatic rings. The molecule has 0 radical (unpaired) electrons. The average molecular weight is 342 g/mol. The number of nitrogens with two attached hydrogens (primary N) is 1. The zero-order valence-electron chi connectivity index (χ0n) is 14.3. The van der Waals surface area contributed by atoms with Gasteiger partial charge in [0.2, 0.25) is 5.91 Å². The lowest BCUT2D eigenvalue weighted by Crippen LogP contribution is -2.49. The first-order valence-electron chi connectivity index (χ1n) is 8.17. The highest BCUT2D eigenvalue weighted by Gasteiger charge is 2.27. The molecule has 3 N–H and O–H groups in total. The molecule has 6 nitrogen and oxygen atoms in total. The van der Waals surface area contributed by atoms with E-state index in [1.165, 1.54) is 0 Å². The summed E-state index contributed by atoms with van der Waals surface area (Å²) in [6.07, 6.45) is -0.000549. The summed E-state index contributed by atoms with van der Waals surface area (Å²) in [5, 5.41) is 4.56. The van der Waals surface area contributed by atoms with Gasteiger partial charge in [-0.3, -0.25) is 14.4 Å². The van der Waals surface area contributed by atoms with E-state index in [1.807, 2.05) is 30.3 Å². The van der Waals surface area contributed by atoms with Crippen molar-refractivity contribution < 1.29 is 19.1 Å². The highest BCUT2D eigenvalue weighted by atomic mass is 16.5. The van der Waals surface area contributed by atoms with Crippen LogP contribution in [0.25, 0.3) is 10.8 Å². The van der Waals surface area contributed by atoms with Gasteiger partial charge in [-0.15, -0.1) is 0 Å². The molecule has 2 aromatic rings. The van der Waals surface area contributed by atoms with Crippen LogP contribution in [0.4, 0.5) is 0 Å². The number of benzene rings is 2. The van der Waals surface area contributed by atoms with Crippen molar-refractivity contribution in [3.63, 3.8) is 0 Å². The topological polar surface area (TPSA) is 98.5 Å². The van der Waals surface area contributed by atoms with Crippen LogP contribution in [0.3, 0.4) is 0 Å². The predicted molar refractivity (Wildman–Crippen MR) is 94.8 cm³/mol. The summed E-state index contributed by atoms with van der Waals surface area (Å²) >= 11 is 0. The van der Waals surface area contributed by atoms with Gasteiger partial charge in [0.1, 0.15) is 6.04 Å². The minimum absolute atomic E-state index is 0.000549. The Bertz CT molecular complexity index is 788. The highest BCUT2D eigenvalue weighted by molar-refractivity contribution is 6.00. The van der Waals surface area contributed by atoms with Gasteiger partial charge < -0.3 is 15.8 Å². The molecular formula is C19H22N2O4. The van der Waals surface area contributed by atoms with E-state index in [1.54, 1.807) is 26.0 Å². The maximum atomic E-state index is 12.5. The van der Waals surface area contributed by atoms with E-state index in [2.05, 4.69) is 5.32 Å². The van der Waals surface area contributed by atoms with E-state index in [0.717, 1.165) is 10.8 Å². The van der Waals surface area contributed by atoms with Crippen molar-refractivity contribution >= 4 is 28.6 Å². The summed E-state index contributed by atoms with van der Waals surface area (Å²) < 4.78 is 4.88. The third kappa shape index (κ3) is 4.79.